The molecular weight excluding hydrogens is 208 g/mol. The maximum absolute atomic E-state index is 4.05. The zero-order valence-electron chi connectivity index (χ0n) is 8.40. The van der Waals surface area contributed by atoms with Crippen LogP contribution in [0.1, 0.15) is 5.56 Å². The summed E-state index contributed by atoms with van der Waals surface area (Å²) in [5.74, 6) is 0. The third-order valence-electron chi connectivity index (χ3n) is 1.91. The third-order valence-corrected chi connectivity index (χ3v) is 2.81. The maximum Gasteiger partial charge on any atom is 0.188 e. The van der Waals surface area contributed by atoms with Gasteiger partial charge in [-0.15, -0.1) is 0 Å². The van der Waals surface area contributed by atoms with Crippen molar-refractivity contribution < 1.29 is 0 Å². The summed E-state index contributed by atoms with van der Waals surface area (Å²) < 4.78 is 0. The normalized spacial score (nSPS) is 10.5. The molecule has 2 aromatic rings. The van der Waals surface area contributed by atoms with Crippen LogP contribution in [0.3, 0.4) is 0 Å². The van der Waals surface area contributed by atoms with E-state index in [1.807, 2.05) is 7.05 Å². The van der Waals surface area contributed by atoms with Crippen LogP contribution in [0.4, 0.5) is 0 Å². The van der Waals surface area contributed by atoms with E-state index in [1.54, 1.807) is 11.8 Å². The predicted octanol–water partition coefficient (Wildman–Crippen LogP) is 1.68. The molecule has 2 N–H and O–H groups in total. The van der Waals surface area contributed by atoms with E-state index in [2.05, 4.69) is 44.8 Å². The molecule has 0 spiro atoms. The summed E-state index contributed by atoms with van der Waals surface area (Å²) in [6.07, 6.45) is 1.51. The van der Waals surface area contributed by atoms with Crippen LogP contribution < -0.4 is 5.32 Å². The van der Waals surface area contributed by atoms with E-state index in [0.717, 1.165) is 16.6 Å². The smallest absolute Gasteiger partial charge is 0.188 e. The van der Waals surface area contributed by atoms with Crippen molar-refractivity contribution >= 4 is 11.8 Å². The van der Waals surface area contributed by atoms with Crippen LogP contribution in [-0.2, 0) is 6.54 Å². The third kappa shape index (κ3) is 2.81. The Kier molecular flexibility index (Phi) is 3.37. The van der Waals surface area contributed by atoms with Gasteiger partial charge in [0, 0.05) is 11.4 Å². The largest absolute Gasteiger partial charge is 0.316 e. The van der Waals surface area contributed by atoms with Crippen molar-refractivity contribution in [3.8, 4) is 0 Å². The molecule has 0 atom stereocenters. The Balaban J connectivity index is 2.04. The van der Waals surface area contributed by atoms with Gasteiger partial charge in [0.15, 0.2) is 5.16 Å². The Morgan fingerprint density at radius 2 is 2.13 bits per heavy atom. The molecule has 1 aromatic heterocycles. The number of nitrogens with one attached hydrogen (secondary N) is 2. The minimum Gasteiger partial charge on any atom is -0.316 e. The summed E-state index contributed by atoms with van der Waals surface area (Å²) in [7, 11) is 1.94. The predicted molar refractivity (Wildman–Crippen MR) is 59.7 cm³/mol. The average molecular weight is 220 g/mol. The standard InChI is InChI=1S/C10H12N4S/c1-11-6-8-2-4-9(5-3-8)15-10-12-7-13-14-10/h2-5,7,11H,6H2,1H3,(H,12,13,14). The first-order valence-electron chi connectivity index (χ1n) is 4.65. The van der Waals surface area contributed by atoms with E-state index < -0.39 is 0 Å². The molecule has 78 valence electrons. The lowest BCUT2D eigenvalue weighted by atomic mass is 10.2. The van der Waals surface area contributed by atoms with Gasteiger partial charge in [-0.05, 0) is 24.7 Å². The Morgan fingerprint density at radius 1 is 1.33 bits per heavy atom. The van der Waals surface area contributed by atoms with Gasteiger partial charge < -0.3 is 5.32 Å². The highest BCUT2D eigenvalue weighted by molar-refractivity contribution is 7.99. The number of hydrogen-bond donors (Lipinski definition) is 2. The molecule has 15 heavy (non-hydrogen) atoms. The summed E-state index contributed by atoms with van der Waals surface area (Å²) in [5, 5.41) is 10.5. The van der Waals surface area contributed by atoms with Crippen molar-refractivity contribution in [1.29, 1.82) is 0 Å². The fourth-order valence-electron chi connectivity index (χ4n) is 1.23. The Hall–Kier alpha value is -1.33. The Labute approximate surface area is 92.5 Å². The number of benzene rings is 1. The van der Waals surface area contributed by atoms with E-state index in [1.165, 1.54) is 11.9 Å². The maximum atomic E-state index is 4.05. The quantitative estimate of drug-likeness (QED) is 0.823. The number of H-pyrrole nitrogens is 1. The molecule has 4 nitrogen and oxygen atoms in total. The summed E-state index contributed by atoms with van der Waals surface area (Å²) in [6, 6.07) is 8.38. The molecule has 0 fully saturated rings. The molecule has 2 rings (SSSR count). The van der Waals surface area contributed by atoms with E-state index in [9.17, 15) is 0 Å². The summed E-state index contributed by atoms with van der Waals surface area (Å²) in [4.78, 5) is 5.21. The Morgan fingerprint density at radius 3 is 2.73 bits per heavy atom. The minimum atomic E-state index is 0.816. The van der Waals surface area contributed by atoms with Gasteiger partial charge in [0.25, 0.3) is 0 Å². The van der Waals surface area contributed by atoms with Gasteiger partial charge in [-0.3, -0.25) is 5.10 Å². The molecule has 0 aliphatic heterocycles. The number of aromatic nitrogens is 3. The van der Waals surface area contributed by atoms with Crippen molar-refractivity contribution in [2.45, 2.75) is 16.6 Å². The van der Waals surface area contributed by atoms with Crippen molar-refractivity contribution in [1.82, 2.24) is 20.5 Å². The average Bonchev–Trinajstić information content (AvgIpc) is 2.74. The van der Waals surface area contributed by atoms with Gasteiger partial charge in [0.2, 0.25) is 0 Å². The van der Waals surface area contributed by atoms with Crippen molar-refractivity contribution in [2.24, 2.45) is 0 Å². The number of nitrogens with zero attached hydrogens (tertiary/aromatic N) is 2. The molecule has 0 saturated carbocycles. The highest BCUT2D eigenvalue weighted by atomic mass is 32.2. The highest BCUT2D eigenvalue weighted by Crippen LogP contribution is 2.23. The van der Waals surface area contributed by atoms with Gasteiger partial charge in [-0.2, -0.15) is 5.10 Å². The first-order chi connectivity index (χ1) is 7.38. The first-order valence-corrected chi connectivity index (χ1v) is 5.47. The van der Waals surface area contributed by atoms with Gasteiger partial charge in [0.1, 0.15) is 6.33 Å². The zero-order valence-corrected chi connectivity index (χ0v) is 9.21. The van der Waals surface area contributed by atoms with Gasteiger partial charge in [-0.1, -0.05) is 23.9 Å². The second-order valence-electron chi connectivity index (χ2n) is 3.07. The monoisotopic (exact) mass is 220 g/mol. The van der Waals surface area contributed by atoms with Gasteiger partial charge in [-0.25, -0.2) is 4.98 Å². The lowest BCUT2D eigenvalue weighted by Gasteiger charge is -2.01. The SMILES string of the molecule is CNCc1ccc(Sc2ncn[nH]2)cc1. The molecule has 0 amide bonds. The number of hydrogen-bond acceptors (Lipinski definition) is 4. The molecule has 0 aliphatic rings. The van der Waals surface area contributed by atoms with Crippen LogP contribution in [0.15, 0.2) is 40.6 Å². The first kappa shape index (κ1) is 10.2. The van der Waals surface area contributed by atoms with E-state index in [4.69, 9.17) is 0 Å². The molecule has 5 heteroatoms. The van der Waals surface area contributed by atoms with Gasteiger partial charge in [0.05, 0.1) is 0 Å². The second-order valence-corrected chi connectivity index (χ2v) is 4.13. The van der Waals surface area contributed by atoms with Crippen LogP contribution in [0.5, 0.6) is 0 Å². The molecule has 0 saturated heterocycles. The molecule has 0 bridgehead atoms. The van der Waals surface area contributed by atoms with Crippen LogP contribution >= 0.6 is 11.8 Å². The fraction of sp³-hybridized carbons (Fsp3) is 0.200. The minimum absolute atomic E-state index is 0.816. The number of rotatable bonds is 4. The van der Waals surface area contributed by atoms with E-state index in [0.29, 0.717) is 0 Å². The van der Waals surface area contributed by atoms with Crippen molar-refractivity contribution in [3.63, 3.8) is 0 Å². The number of aromatic amines is 1. The van der Waals surface area contributed by atoms with E-state index in [-0.39, 0.29) is 0 Å². The molecule has 1 aromatic carbocycles. The van der Waals surface area contributed by atoms with Gasteiger partial charge >= 0.3 is 0 Å². The molecule has 0 radical (unpaired) electrons. The molecule has 0 aliphatic carbocycles. The zero-order chi connectivity index (χ0) is 10.5. The topological polar surface area (TPSA) is 53.6 Å². The lowest BCUT2D eigenvalue weighted by molar-refractivity contribution is 0.817. The van der Waals surface area contributed by atoms with Crippen LogP contribution in [0, 0.1) is 0 Å². The van der Waals surface area contributed by atoms with Crippen LogP contribution in [-0.4, -0.2) is 22.2 Å². The van der Waals surface area contributed by atoms with Crippen LogP contribution in [0.25, 0.3) is 0 Å². The second kappa shape index (κ2) is 4.95. The fourth-order valence-corrected chi connectivity index (χ4v) is 1.93. The molecule has 1 heterocycles. The van der Waals surface area contributed by atoms with Crippen LogP contribution in [0.2, 0.25) is 0 Å². The van der Waals surface area contributed by atoms with E-state index >= 15 is 0 Å². The lowest BCUT2D eigenvalue weighted by Crippen LogP contribution is -2.04. The summed E-state index contributed by atoms with van der Waals surface area (Å²) in [5.41, 5.74) is 1.28. The summed E-state index contributed by atoms with van der Waals surface area (Å²) >= 11 is 1.57. The highest BCUT2D eigenvalue weighted by Gasteiger charge is 1.99. The molecular formula is C10H12N4S. The van der Waals surface area contributed by atoms with Crippen molar-refractivity contribution in [3.05, 3.63) is 36.2 Å². The molecule has 0 unspecified atom stereocenters. The summed E-state index contributed by atoms with van der Waals surface area (Å²) in [6.45, 7) is 0.896. The van der Waals surface area contributed by atoms with Crippen molar-refractivity contribution in [2.75, 3.05) is 7.05 Å². The Bertz CT molecular complexity index is 396.